The summed E-state index contributed by atoms with van der Waals surface area (Å²) in [6, 6.07) is 29.1. The number of Topliss-reactive ketones (excluding diaryl/α,β-unsaturated/α-hetero) is 1. The van der Waals surface area contributed by atoms with Crippen LogP contribution in [0.15, 0.2) is 109 Å². The number of ketones is 2. The summed E-state index contributed by atoms with van der Waals surface area (Å²) in [6.45, 7) is 0. The number of fused-ring (bicyclic) bond motifs is 1. The molecule has 0 aliphatic heterocycles. The molecule has 36 heavy (non-hydrogen) atoms. The number of H-pyrrole nitrogens is 1. The van der Waals surface area contributed by atoms with Crippen molar-refractivity contribution >= 4 is 40.0 Å². The van der Waals surface area contributed by atoms with Gasteiger partial charge >= 0.3 is 5.97 Å². The van der Waals surface area contributed by atoms with E-state index < -0.39 is 12.1 Å². The summed E-state index contributed by atoms with van der Waals surface area (Å²) in [5.74, 6) is -1.48. The number of esters is 1. The highest BCUT2D eigenvalue weighted by Crippen LogP contribution is 2.29. The zero-order valence-electron chi connectivity index (χ0n) is 19.0. The van der Waals surface area contributed by atoms with Crippen LogP contribution in [0.4, 0.5) is 0 Å². The Morgan fingerprint density at radius 1 is 0.694 bits per heavy atom. The Balaban J connectivity index is 1.51. The van der Waals surface area contributed by atoms with E-state index in [0.717, 1.165) is 10.9 Å². The maximum atomic E-state index is 13.7. The van der Waals surface area contributed by atoms with Gasteiger partial charge in [0.25, 0.3) is 0 Å². The fourth-order valence-corrected chi connectivity index (χ4v) is 4.23. The van der Waals surface area contributed by atoms with E-state index >= 15 is 0 Å². The Kier molecular flexibility index (Phi) is 6.48. The monoisotopic (exact) mass is 493 g/mol. The van der Waals surface area contributed by atoms with Gasteiger partial charge in [0.05, 0.1) is 5.56 Å². The zero-order valence-corrected chi connectivity index (χ0v) is 19.7. The molecule has 0 aliphatic carbocycles. The molecule has 0 saturated carbocycles. The summed E-state index contributed by atoms with van der Waals surface area (Å²) < 4.78 is 5.83. The number of ether oxygens (including phenoxy) is 1. The molecule has 5 aromatic rings. The minimum Gasteiger partial charge on any atom is -0.445 e. The Bertz CT molecular complexity index is 1570. The molecule has 4 aromatic carbocycles. The van der Waals surface area contributed by atoms with Crippen LogP contribution in [0.5, 0.6) is 0 Å². The highest BCUT2D eigenvalue weighted by Gasteiger charge is 2.30. The highest BCUT2D eigenvalue weighted by molar-refractivity contribution is 6.30. The number of hydrogen-bond acceptors (Lipinski definition) is 4. The van der Waals surface area contributed by atoms with E-state index in [4.69, 9.17) is 16.3 Å². The Hall–Kier alpha value is -4.48. The first-order valence-corrected chi connectivity index (χ1v) is 11.7. The minimum absolute atomic E-state index is 0.0742. The van der Waals surface area contributed by atoms with Crippen LogP contribution in [0.2, 0.25) is 5.02 Å². The van der Waals surface area contributed by atoms with Gasteiger partial charge in [-0.3, -0.25) is 9.59 Å². The van der Waals surface area contributed by atoms with Gasteiger partial charge in [-0.2, -0.15) is 0 Å². The van der Waals surface area contributed by atoms with Crippen LogP contribution in [0, 0.1) is 0 Å². The van der Waals surface area contributed by atoms with Crippen molar-refractivity contribution in [2.45, 2.75) is 6.10 Å². The van der Waals surface area contributed by atoms with Crippen LogP contribution in [0.3, 0.4) is 0 Å². The molecule has 0 fully saturated rings. The second-order valence-corrected chi connectivity index (χ2v) is 8.63. The third-order valence-corrected chi connectivity index (χ3v) is 6.17. The molecule has 176 valence electrons. The van der Waals surface area contributed by atoms with E-state index in [1.807, 2.05) is 30.3 Å². The van der Waals surface area contributed by atoms with Gasteiger partial charge < -0.3 is 9.72 Å². The van der Waals surface area contributed by atoms with Crippen molar-refractivity contribution in [1.82, 2.24) is 4.98 Å². The number of halogens is 1. The molecule has 1 N–H and O–H groups in total. The van der Waals surface area contributed by atoms with Gasteiger partial charge in [0.2, 0.25) is 5.78 Å². The van der Waals surface area contributed by atoms with Crippen molar-refractivity contribution in [3.05, 3.63) is 142 Å². The summed E-state index contributed by atoms with van der Waals surface area (Å²) in [6.07, 6.45) is 0.422. The lowest BCUT2D eigenvalue weighted by Gasteiger charge is -2.18. The number of nitrogens with one attached hydrogen (secondary N) is 1. The van der Waals surface area contributed by atoms with Crippen LogP contribution in [-0.2, 0) is 4.74 Å². The van der Waals surface area contributed by atoms with Crippen LogP contribution < -0.4 is 0 Å². The fourth-order valence-electron chi connectivity index (χ4n) is 4.10. The maximum Gasteiger partial charge on any atom is 0.339 e. The summed E-state index contributed by atoms with van der Waals surface area (Å²) in [5.41, 5.74) is 2.38. The molecule has 1 heterocycles. The van der Waals surface area contributed by atoms with E-state index in [9.17, 15) is 14.4 Å². The van der Waals surface area contributed by atoms with E-state index in [1.54, 1.807) is 72.9 Å². The lowest BCUT2D eigenvalue weighted by atomic mass is 9.97. The summed E-state index contributed by atoms with van der Waals surface area (Å²) in [4.78, 5) is 43.4. The van der Waals surface area contributed by atoms with Gasteiger partial charge in [-0.1, -0.05) is 78.3 Å². The number of rotatable bonds is 7. The molecule has 1 aromatic heterocycles. The normalized spacial score (nSPS) is 11.7. The third-order valence-electron chi connectivity index (χ3n) is 5.92. The number of hydrogen-bond donors (Lipinski definition) is 1. The second kappa shape index (κ2) is 10.0. The molecule has 5 rings (SSSR count). The number of para-hydroxylation sites is 1. The molecule has 0 unspecified atom stereocenters. The third kappa shape index (κ3) is 4.57. The Labute approximate surface area is 212 Å². The van der Waals surface area contributed by atoms with Crippen molar-refractivity contribution in [1.29, 1.82) is 0 Å². The Morgan fingerprint density at radius 2 is 1.33 bits per heavy atom. The minimum atomic E-state index is -1.20. The number of aromatic nitrogens is 1. The van der Waals surface area contributed by atoms with Gasteiger partial charge in [-0.25, -0.2) is 4.79 Å². The average molecular weight is 494 g/mol. The van der Waals surface area contributed by atoms with E-state index in [1.165, 1.54) is 6.07 Å². The predicted molar refractivity (Wildman–Crippen MR) is 139 cm³/mol. The first-order chi connectivity index (χ1) is 17.5. The molecule has 0 bridgehead atoms. The largest absolute Gasteiger partial charge is 0.445 e. The number of carbonyl (C=O) groups is 3. The number of aromatic amines is 1. The lowest BCUT2D eigenvalue weighted by molar-refractivity contribution is 0.0279. The van der Waals surface area contributed by atoms with Crippen molar-refractivity contribution in [3.63, 3.8) is 0 Å². The topological polar surface area (TPSA) is 76.2 Å². The van der Waals surface area contributed by atoms with Crippen molar-refractivity contribution in [2.75, 3.05) is 0 Å². The first kappa shape index (κ1) is 23.3. The molecular weight excluding hydrogens is 474 g/mol. The fraction of sp³-hybridized carbons (Fsp3) is 0.0333. The molecule has 0 amide bonds. The zero-order chi connectivity index (χ0) is 25.1. The van der Waals surface area contributed by atoms with Gasteiger partial charge in [-0.05, 0) is 36.4 Å². The summed E-state index contributed by atoms with van der Waals surface area (Å²) in [5, 5.41) is 1.23. The summed E-state index contributed by atoms with van der Waals surface area (Å²) >= 11 is 5.95. The van der Waals surface area contributed by atoms with Crippen molar-refractivity contribution in [2.24, 2.45) is 0 Å². The van der Waals surface area contributed by atoms with Gasteiger partial charge in [0.1, 0.15) is 0 Å². The maximum absolute atomic E-state index is 13.7. The quantitative estimate of drug-likeness (QED) is 0.199. The number of carbonyl (C=O) groups excluding carboxylic acids is 3. The average Bonchev–Trinajstić information content (AvgIpc) is 3.36. The molecule has 0 spiro atoms. The molecular formula is C30H20ClNO4. The summed E-state index contributed by atoms with van der Waals surface area (Å²) in [7, 11) is 0. The van der Waals surface area contributed by atoms with Crippen LogP contribution in [0.1, 0.15) is 48.3 Å². The SMILES string of the molecule is O=C(O[C@@H](C(=O)c1c[nH]c2ccccc12)c1ccccc1)c1ccccc1C(=O)c1ccc(Cl)cc1. The molecule has 0 saturated heterocycles. The van der Waals surface area contributed by atoms with Gasteiger partial charge in [-0.15, -0.1) is 0 Å². The van der Waals surface area contributed by atoms with E-state index in [0.29, 0.717) is 21.7 Å². The smallest absolute Gasteiger partial charge is 0.339 e. The highest BCUT2D eigenvalue weighted by atomic mass is 35.5. The van der Waals surface area contributed by atoms with Crippen LogP contribution in [0.25, 0.3) is 10.9 Å². The second-order valence-electron chi connectivity index (χ2n) is 8.19. The van der Waals surface area contributed by atoms with Crippen molar-refractivity contribution in [3.8, 4) is 0 Å². The van der Waals surface area contributed by atoms with Gasteiger partial charge in [0, 0.05) is 44.4 Å². The van der Waals surface area contributed by atoms with Crippen LogP contribution >= 0.6 is 11.6 Å². The molecule has 0 aliphatic rings. The number of benzene rings is 4. The lowest BCUT2D eigenvalue weighted by Crippen LogP contribution is -2.21. The van der Waals surface area contributed by atoms with E-state index in [-0.39, 0.29) is 22.7 Å². The molecule has 5 nitrogen and oxygen atoms in total. The Morgan fingerprint density at radius 3 is 2.08 bits per heavy atom. The first-order valence-electron chi connectivity index (χ1n) is 11.3. The molecule has 6 heteroatoms. The standard InChI is InChI=1S/C30H20ClNO4/c31-21-16-14-19(15-17-21)27(33)23-11-4-5-12-24(23)30(35)36-29(20-8-2-1-3-9-20)28(34)25-18-32-26-13-7-6-10-22(25)26/h1-18,29,32H/t29-/m1/s1. The molecule has 1 atom stereocenters. The van der Waals surface area contributed by atoms with Crippen LogP contribution in [-0.4, -0.2) is 22.5 Å². The van der Waals surface area contributed by atoms with Crippen molar-refractivity contribution < 1.29 is 19.1 Å². The van der Waals surface area contributed by atoms with E-state index in [2.05, 4.69) is 4.98 Å². The van der Waals surface area contributed by atoms with Gasteiger partial charge in [0.15, 0.2) is 11.9 Å². The predicted octanol–water partition coefficient (Wildman–Crippen LogP) is 6.83. The molecule has 0 radical (unpaired) electrons.